The molecule has 0 spiro atoms. The molecule has 3 rings (SSSR count). The standard InChI is InChI=1S/C22H27N3O4/c1-22(9-11-24(2)15-22)14-23-20(27)17-12-25(13-18(19(17)26)21(28)29)10-8-16-6-4-3-5-7-16/h3-7,12-13H,8-11,14-15H2,1-2H3,(H,23,27)(H,28,29). The van der Waals surface area contributed by atoms with Crippen LogP contribution < -0.4 is 10.7 Å². The molecular formula is C22H27N3O4. The van der Waals surface area contributed by atoms with Crippen LogP contribution in [0.15, 0.2) is 47.5 Å². The zero-order chi connectivity index (χ0) is 21.0. The molecule has 2 aromatic rings. The monoisotopic (exact) mass is 397 g/mol. The summed E-state index contributed by atoms with van der Waals surface area (Å²) >= 11 is 0. The fraction of sp³-hybridized carbons (Fsp3) is 0.409. The highest BCUT2D eigenvalue weighted by Crippen LogP contribution is 2.27. The Morgan fingerprint density at radius 3 is 2.48 bits per heavy atom. The van der Waals surface area contributed by atoms with Crippen molar-refractivity contribution >= 4 is 11.9 Å². The van der Waals surface area contributed by atoms with Crippen molar-refractivity contribution in [2.45, 2.75) is 26.3 Å². The number of aryl methyl sites for hydroxylation is 2. The number of nitrogens with zero attached hydrogens (tertiary/aromatic N) is 2. The van der Waals surface area contributed by atoms with Crippen LogP contribution in [0.3, 0.4) is 0 Å². The number of nitrogens with one attached hydrogen (secondary N) is 1. The number of hydrogen-bond donors (Lipinski definition) is 2. The number of carboxylic acid groups (broad SMARTS) is 1. The first kappa shape index (κ1) is 20.8. The van der Waals surface area contributed by atoms with Crippen molar-refractivity contribution in [1.82, 2.24) is 14.8 Å². The van der Waals surface area contributed by atoms with E-state index in [2.05, 4.69) is 17.1 Å². The lowest BCUT2D eigenvalue weighted by Gasteiger charge is -2.24. The molecule has 1 fully saturated rings. The van der Waals surface area contributed by atoms with E-state index >= 15 is 0 Å². The van der Waals surface area contributed by atoms with E-state index in [1.807, 2.05) is 37.4 Å². The van der Waals surface area contributed by atoms with Crippen LogP contribution in [0, 0.1) is 5.41 Å². The van der Waals surface area contributed by atoms with Gasteiger partial charge in [0.1, 0.15) is 11.1 Å². The lowest BCUT2D eigenvalue weighted by Crippen LogP contribution is -2.39. The molecule has 1 aliphatic heterocycles. The minimum atomic E-state index is -1.33. The van der Waals surface area contributed by atoms with Crippen LogP contribution in [-0.4, -0.2) is 53.1 Å². The number of aromatic carboxylic acids is 1. The van der Waals surface area contributed by atoms with Crippen molar-refractivity contribution < 1.29 is 14.7 Å². The zero-order valence-corrected chi connectivity index (χ0v) is 16.9. The second kappa shape index (κ2) is 8.61. The number of aromatic nitrogens is 1. The Balaban J connectivity index is 1.79. The van der Waals surface area contributed by atoms with Gasteiger partial charge in [0.15, 0.2) is 0 Å². The summed E-state index contributed by atoms with van der Waals surface area (Å²) in [5.74, 6) is -1.86. The van der Waals surface area contributed by atoms with Crippen molar-refractivity contribution in [3.8, 4) is 0 Å². The van der Waals surface area contributed by atoms with Crippen LogP contribution in [0.4, 0.5) is 0 Å². The summed E-state index contributed by atoms with van der Waals surface area (Å²) in [5, 5.41) is 12.2. The van der Waals surface area contributed by atoms with Crippen LogP contribution >= 0.6 is 0 Å². The fourth-order valence-corrected chi connectivity index (χ4v) is 3.78. The number of carboxylic acids is 1. The van der Waals surface area contributed by atoms with E-state index in [1.165, 1.54) is 12.4 Å². The van der Waals surface area contributed by atoms with Gasteiger partial charge < -0.3 is 19.9 Å². The van der Waals surface area contributed by atoms with Gasteiger partial charge in [-0.25, -0.2) is 4.79 Å². The summed E-state index contributed by atoms with van der Waals surface area (Å²) in [4.78, 5) is 39.0. The molecule has 1 unspecified atom stereocenters. The smallest absolute Gasteiger partial charge is 0.341 e. The van der Waals surface area contributed by atoms with Crippen LogP contribution in [-0.2, 0) is 13.0 Å². The highest BCUT2D eigenvalue weighted by atomic mass is 16.4. The van der Waals surface area contributed by atoms with Gasteiger partial charge in [-0.1, -0.05) is 37.3 Å². The van der Waals surface area contributed by atoms with E-state index in [4.69, 9.17) is 0 Å². The van der Waals surface area contributed by atoms with E-state index in [0.29, 0.717) is 19.5 Å². The molecule has 154 valence electrons. The van der Waals surface area contributed by atoms with Crippen molar-refractivity contribution in [2.75, 3.05) is 26.7 Å². The third kappa shape index (κ3) is 5.12. The summed E-state index contributed by atoms with van der Waals surface area (Å²) in [6.45, 7) is 4.84. The normalized spacial score (nSPS) is 19.2. The number of likely N-dealkylation sites (tertiary alicyclic amines) is 1. The molecule has 2 heterocycles. The summed E-state index contributed by atoms with van der Waals surface area (Å²) in [6, 6.07) is 9.75. The first-order valence-electron chi connectivity index (χ1n) is 9.75. The van der Waals surface area contributed by atoms with E-state index in [-0.39, 0.29) is 11.0 Å². The Hall–Kier alpha value is -2.93. The average molecular weight is 397 g/mol. The number of rotatable bonds is 7. The van der Waals surface area contributed by atoms with Crippen molar-refractivity contribution in [1.29, 1.82) is 0 Å². The maximum atomic E-state index is 12.7. The van der Waals surface area contributed by atoms with E-state index in [0.717, 1.165) is 25.1 Å². The van der Waals surface area contributed by atoms with Gasteiger partial charge in [0.25, 0.3) is 5.91 Å². The highest BCUT2D eigenvalue weighted by molar-refractivity contribution is 5.96. The molecule has 0 radical (unpaired) electrons. The molecule has 29 heavy (non-hydrogen) atoms. The lowest BCUT2D eigenvalue weighted by atomic mass is 9.90. The molecule has 1 aromatic heterocycles. The van der Waals surface area contributed by atoms with E-state index < -0.39 is 22.9 Å². The molecule has 0 aliphatic carbocycles. The number of amides is 1. The molecule has 7 nitrogen and oxygen atoms in total. The van der Waals surface area contributed by atoms with Gasteiger partial charge >= 0.3 is 5.97 Å². The van der Waals surface area contributed by atoms with Crippen LogP contribution in [0.25, 0.3) is 0 Å². The van der Waals surface area contributed by atoms with Gasteiger partial charge in [0.05, 0.1) is 0 Å². The Labute approximate surface area is 170 Å². The first-order chi connectivity index (χ1) is 13.8. The van der Waals surface area contributed by atoms with Crippen molar-refractivity contribution in [3.05, 3.63) is 69.6 Å². The molecule has 1 saturated heterocycles. The Morgan fingerprint density at radius 1 is 1.17 bits per heavy atom. The third-order valence-electron chi connectivity index (χ3n) is 5.48. The fourth-order valence-electron chi connectivity index (χ4n) is 3.78. The number of carbonyl (C=O) groups is 2. The van der Waals surface area contributed by atoms with Crippen LogP contribution in [0.1, 0.15) is 39.6 Å². The Bertz CT molecular complexity index is 954. The summed E-state index contributed by atoms with van der Waals surface area (Å²) in [5.41, 5.74) is -0.237. The number of carbonyl (C=O) groups excluding carboxylic acids is 1. The predicted molar refractivity (Wildman–Crippen MR) is 110 cm³/mol. The maximum Gasteiger partial charge on any atom is 0.341 e. The SMILES string of the molecule is CN1CCC(C)(CNC(=O)c2cn(CCc3ccccc3)cc(C(=O)O)c2=O)C1. The maximum absolute atomic E-state index is 12.7. The van der Waals surface area contributed by atoms with E-state index in [9.17, 15) is 19.5 Å². The minimum Gasteiger partial charge on any atom is -0.477 e. The largest absolute Gasteiger partial charge is 0.477 e. The summed E-state index contributed by atoms with van der Waals surface area (Å²) in [7, 11) is 2.04. The number of benzene rings is 1. The van der Waals surface area contributed by atoms with Crippen molar-refractivity contribution in [2.24, 2.45) is 5.41 Å². The Morgan fingerprint density at radius 2 is 1.86 bits per heavy atom. The topological polar surface area (TPSA) is 91.6 Å². The van der Waals surface area contributed by atoms with E-state index in [1.54, 1.807) is 4.57 Å². The number of pyridine rings is 1. The highest BCUT2D eigenvalue weighted by Gasteiger charge is 2.32. The predicted octanol–water partition coefficient (Wildman–Crippen LogP) is 1.86. The van der Waals surface area contributed by atoms with Crippen molar-refractivity contribution in [3.63, 3.8) is 0 Å². The van der Waals surface area contributed by atoms with Crippen LogP contribution in [0.2, 0.25) is 0 Å². The lowest BCUT2D eigenvalue weighted by molar-refractivity contribution is 0.0694. The molecule has 0 bridgehead atoms. The minimum absolute atomic E-state index is 0.0544. The van der Waals surface area contributed by atoms with Gasteiger partial charge in [-0.05, 0) is 37.4 Å². The van der Waals surface area contributed by atoms with Gasteiger partial charge in [-0.2, -0.15) is 0 Å². The third-order valence-corrected chi connectivity index (χ3v) is 5.48. The molecule has 1 atom stereocenters. The van der Waals surface area contributed by atoms with Gasteiger partial charge in [-0.15, -0.1) is 0 Å². The zero-order valence-electron chi connectivity index (χ0n) is 16.9. The molecule has 1 aliphatic rings. The summed E-state index contributed by atoms with van der Waals surface area (Å²) in [6.07, 6.45) is 4.38. The molecule has 0 saturated carbocycles. The van der Waals surface area contributed by atoms with Gasteiger partial charge in [-0.3, -0.25) is 9.59 Å². The second-order valence-electron chi connectivity index (χ2n) is 8.17. The first-order valence-corrected chi connectivity index (χ1v) is 9.75. The average Bonchev–Trinajstić information content (AvgIpc) is 3.05. The van der Waals surface area contributed by atoms with Gasteiger partial charge in [0, 0.05) is 32.0 Å². The number of hydrogen-bond acceptors (Lipinski definition) is 4. The molecule has 1 aromatic carbocycles. The molecular weight excluding hydrogens is 370 g/mol. The van der Waals surface area contributed by atoms with Gasteiger partial charge in [0.2, 0.25) is 5.43 Å². The summed E-state index contributed by atoms with van der Waals surface area (Å²) < 4.78 is 1.61. The molecule has 7 heteroatoms. The second-order valence-corrected chi connectivity index (χ2v) is 8.17. The molecule has 1 amide bonds. The molecule has 2 N–H and O–H groups in total. The van der Waals surface area contributed by atoms with Crippen LogP contribution in [0.5, 0.6) is 0 Å². The quantitative estimate of drug-likeness (QED) is 0.744. The Kier molecular flexibility index (Phi) is 6.17.